The summed E-state index contributed by atoms with van der Waals surface area (Å²) in [4.78, 5) is 0. The van der Waals surface area contributed by atoms with Crippen molar-refractivity contribution in [2.75, 3.05) is 12.3 Å². The van der Waals surface area contributed by atoms with E-state index in [1.54, 1.807) is 0 Å². The topological polar surface area (TPSA) is 53.1 Å². The Balaban J connectivity index is 2.00. The number of benzene rings is 1. The van der Waals surface area contributed by atoms with Crippen LogP contribution in [0, 0.1) is 0 Å². The summed E-state index contributed by atoms with van der Waals surface area (Å²) >= 11 is 3.50. The molecule has 0 bridgehead atoms. The maximum Gasteiger partial charge on any atom is 0.191 e. The van der Waals surface area contributed by atoms with E-state index < -0.39 is 8.32 Å². The fourth-order valence-electron chi connectivity index (χ4n) is 2.10. The van der Waals surface area contributed by atoms with Gasteiger partial charge in [0.2, 0.25) is 0 Å². The molecule has 0 radical (unpaired) electrons. The summed E-state index contributed by atoms with van der Waals surface area (Å²) in [6, 6.07) is 6.06. The molecule has 0 saturated heterocycles. The summed E-state index contributed by atoms with van der Waals surface area (Å²) in [5.74, 6) is 0.591. The minimum absolute atomic E-state index is 0.251. The zero-order chi connectivity index (χ0) is 16.5. The van der Waals surface area contributed by atoms with E-state index >= 15 is 0 Å². The van der Waals surface area contributed by atoms with Gasteiger partial charge in [-0.2, -0.15) is 5.10 Å². The number of aromatic nitrogens is 2. The fourth-order valence-corrected chi connectivity index (χ4v) is 3.54. The van der Waals surface area contributed by atoms with E-state index in [1.165, 1.54) is 0 Å². The summed E-state index contributed by atoms with van der Waals surface area (Å²) in [5.41, 5.74) is 7.05. The van der Waals surface area contributed by atoms with Gasteiger partial charge in [0.1, 0.15) is 0 Å². The Morgan fingerprint density at radius 2 is 2.00 bits per heavy atom. The molecular formula is C16H26BrN3OSi. The lowest BCUT2D eigenvalue weighted by Crippen LogP contribution is -2.41. The molecule has 1 aromatic heterocycles. The molecule has 0 fully saturated rings. The zero-order valence-electron chi connectivity index (χ0n) is 14.1. The lowest BCUT2D eigenvalue weighted by molar-refractivity contribution is 0.273. The van der Waals surface area contributed by atoms with E-state index in [2.05, 4.69) is 61.0 Å². The summed E-state index contributed by atoms with van der Waals surface area (Å²) in [7, 11) is -1.66. The third-order valence-corrected chi connectivity index (χ3v) is 9.56. The van der Waals surface area contributed by atoms with Crippen LogP contribution in [0.2, 0.25) is 18.1 Å². The fraction of sp³-hybridized carbons (Fsp3) is 0.562. The van der Waals surface area contributed by atoms with Crippen LogP contribution in [0.15, 0.2) is 22.7 Å². The minimum atomic E-state index is -1.66. The van der Waals surface area contributed by atoms with Crippen LogP contribution >= 0.6 is 15.9 Å². The molecule has 0 atom stereocenters. The van der Waals surface area contributed by atoms with Crippen molar-refractivity contribution in [1.29, 1.82) is 0 Å². The molecule has 6 heteroatoms. The molecule has 2 N–H and O–H groups in total. The Hall–Kier alpha value is -0.853. The van der Waals surface area contributed by atoms with E-state index in [-0.39, 0.29) is 5.04 Å². The van der Waals surface area contributed by atoms with Gasteiger partial charge >= 0.3 is 0 Å². The highest BCUT2D eigenvalue weighted by molar-refractivity contribution is 9.10. The number of hydrogen-bond acceptors (Lipinski definition) is 3. The summed E-state index contributed by atoms with van der Waals surface area (Å²) in [6.07, 6.45) is 0.940. The molecular weight excluding hydrogens is 358 g/mol. The van der Waals surface area contributed by atoms with Gasteiger partial charge in [0.25, 0.3) is 0 Å². The van der Waals surface area contributed by atoms with Gasteiger partial charge in [0.05, 0.1) is 5.52 Å². The van der Waals surface area contributed by atoms with Gasteiger partial charge < -0.3 is 10.2 Å². The van der Waals surface area contributed by atoms with Crippen LogP contribution in [-0.4, -0.2) is 24.7 Å². The first-order chi connectivity index (χ1) is 10.1. The Labute approximate surface area is 142 Å². The first kappa shape index (κ1) is 17.5. The first-order valence-corrected chi connectivity index (χ1v) is 11.4. The molecule has 0 saturated carbocycles. The predicted octanol–water partition coefficient (Wildman–Crippen LogP) is 4.79. The van der Waals surface area contributed by atoms with E-state index in [9.17, 15) is 0 Å². The second kappa shape index (κ2) is 6.33. The van der Waals surface area contributed by atoms with Gasteiger partial charge in [-0.3, -0.25) is 4.68 Å². The number of nitrogens with zero attached hydrogens (tertiary/aromatic N) is 2. The van der Waals surface area contributed by atoms with Gasteiger partial charge in [0.15, 0.2) is 14.1 Å². The van der Waals surface area contributed by atoms with Crippen molar-refractivity contribution in [3.8, 4) is 0 Å². The van der Waals surface area contributed by atoms with E-state index in [0.717, 1.165) is 34.9 Å². The quantitative estimate of drug-likeness (QED) is 0.596. The molecule has 2 rings (SSSR count). The van der Waals surface area contributed by atoms with Crippen molar-refractivity contribution in [1.82, 2.24) is 9.78 Å². The lowest BCUT2D eigenvalue weighted by Gasteiger charge is -2.36. The summed E-state index contributed by atoms with van der Waals surface area (Å²) < 4.78 is 9.23. The minimum Gasteiger partial charge on any atom is -0.417 e. The zero-order valence-corrected chi connectivity index (χ0v) is 16.7. The maximum absolute atomic E-state index is 6.22. The highest BCUT2D eigenvalue weighted by atomic mass is 79.9. The molecule has 0 spiro atoms. The van der Waals surface area contributed by atoms with Crippen molar-refractivity contribution in [3.05, 3.63) is 22.7 Å². The van der Waals surface area contributed by atoms with Crippen molar-refractivity contribution >= 4 is 41.0 Å². The third-order valence-electron chi connectivity index (χ3n) is 4.53. The predicted molar refractivity (Wildman–Crippen MR) is 99.6 cm³/mol. The number of aryl methyl sites for hydroxylation is 1. The van der Waals surface area contributed by atoms with Crippen LogP contribution in [0.3, 0.4) is 0 Å². The van der Waals surface area contributed by atoms with Crippen molar-refractivity contribution in [2.45, 2.75) is 51.9 Å². The molecule has 4 nitrogen and oxygen atoms in total. The van der Waals surface area contributed by atoms with Crippen LogP contribution < -0.4 is 5.73 Å². The second-order valence-electron chi connectivity index (χ2n) is 7.23. The SMILES string of the molecule is CC(C)(C)[Si](C)(C)OCCCn1nc(N)c2ccc(Br)cc21. The van der Waals surface area contributed by atoms with E-state index in [0.29, 0.717) is 5.82 Å². The molecule has 0 aliphatic heterocycles. The maximum atomic E-state index is 6.22. The smallest absolute Gasteiger partial charge is 0.191 e. The standard InChI is InChI=1S/C16H26BrN3OSi/c1-16(2,3)22(4,5)21-10-6-9-20-14-11-12(17)7-8-13(14)15(18)19-20/h7-8,11H,6,9-10H2,1-5H3,(H2,18,19). The Morgan fingerprint density at radius 1 is 1.32 bits per heavy atom. The van der Waals surface area contributed by atoms with Crippen molar-refractivity contribution in [2.24, 2.45) is 0 Å². The van der Waals surface area contributed by atoms with Crippen LogP contribution in [0.25, 0.3) is 10.9 Å². The number of anilines is 1. The molecule has 0 aliphatic rings. The summed E-state index contributed by atoms with van der Waals surface area (Å²) in [5, 5.41) is 5.70. The highest BCUT2D eigenvalue weighted by Crippen LogP contribution is 2.36. The molecule has 1 heterocycles. The number of nitrogen functional groups attached to an aromatic ring is 1. The average molecular weight is 384 g/mol. The molecule has 0 aliphatic carbocycles. The van der Waals surface area contributed by atoms with Crippen molar-refractivity contribution in [3.63, 3.8) is 0 Å². The lowest BCUT2D eigenvalue weighted by atomic mass is 10.2. The number of fused-ring (bicyclic) bond motifs is 1. The first-order valence-electron chi connectivity index (χ1n) is 7.67. The van der Waals surface area contributed by atoms with Crippen LogP contribution in [0.4, 0.5) is 5.82 Å². The Kier molecular flexibility index (Phi) is 5.04. The third kappa shape index (κ3) is 3.72. The Morgan fingerprint density at radius 3 is 2.64 bits per heavy atom. The molecule has 0 unspecified atom stereocenters. The monoisotopic (exact) mass is 383 g/mol. The molecule has 1 aromatic carbocycles. The van der Waals surface area contributed by atoms with Gasteiger partial charge in [-0.1, -0.05) is 36.7 Å². The number of halogens is 1. The average Bonchev–Trinajstić information content (AvgIpc) is 2.70. The van der Waals surface area contributed by atoms with Gasteiger partial charge in [-0.15, -0.1) is 0 Å². The van der Waals surface area contributed by atoms with Crippen molar-refractivity contribution < 1.29 is 4.43 Å². The van der Waals surface area contributed by atoms with Gasteiger partial charge in [-0.05, 0) is 42.8 Å². The van der Waals surface area contributed by atoms with E-state index in [4.69, 9.17) is 10.2 Å². The molecule has 22 heavy (non-hydrogen) atoms. The highest BCUT2D eigenvalue weighted by Gasteiger charge is 2.36. The Bertz CT molecular complexity index is 661. The van der Waals surface area contributed by atoms with Gasteiger partial charge in [0, 0.05) is 23.0 Å². The number of rotatable bonds is 5. The van der Waals surface area contributed by atoms with Crippen LogP contribution in [-0.2, 0) is 11.0 Å². The van der Waals surface area contributed by atoms with Crippen LogP contribution in [0.5, 0.6) is 0 Å². The second-order valence-corrected chi connectivity index (χ2v) is 13.0. The normalized spacial score (nSPS) is 13.0. The molecule has 122 valence electrons. The van der Waals surface area contributed by atoms with Gasteiger partial charge in [-0.25, -0.2) is 0 Å². The van der Waals surface area contributed by atoms with E-state index in [1.807, 2.05) is 16.8 Å². The molecule has 2 aromatic rings. The summed E-state index contributed by atoms with van der Waals surface area (Å²) in [6.45, 7) is 12.9. The number of hydrogen-bond donors (Lipinski definition) is 1. The van der Waals surface area contributed by atoms with Crippen LogP contribution in [0.1, 0.15) is 27.2 Å². The molecule has 0 amide bonds. The largest absolute Gasteiger partial charge is 0.417 e. The number of nitrogens with two attached hydrogens (primary N) is 1.